The molecule has 0 aromatic heterocycles. The molecule has 0 radical (unpaired) electrons. The van der Waals surface area contributed by atoms with Crippen molar-refractivity contribution in [2.75, 3.05) is 19.6 Å². The van der Waals surface area contributed by atoms with Crippen LogP contribution < -0.4 is 5.32 Å². The van der Waals surface area contributed by atoms with E-state index in [1.54, 1.807) is 0 Å². The van der Waals surface area contributed by atoms with Gasteiger partial charge in [0.15, 0.2) is 0 Å². The minimum absolute atomic E-state index is 0.00130. The smallest absolute Gasteiger partial charge is 0.246 e. The van der Waals surface area contributed by atoms with Gasteiger partial charge in [-0.1, -0.05) is 12.8 Å². The third-order valence-corrected chi connectivity index (χ3v) is 4.70. The highest BCUT2D eigenvalue weighted by Crippen LogP contribution is 2.09. The van der Waals surface area contributed by atoms with Crippen LogP contribution in [-0.2, 0) is 19.2 Å². The van der Waals surface area contributed by atoms with Gasteiger partial charge in [-0.2, -0.15) is 0 Å². The van der Waals surface area contributed by atoms with Gasteiger partial charge in [0.05, 0.1) is 0 Å². The number of rotatable bonds is 0. The van der Waals surface area contributed by atoms with Gasteiger partial charge < -0.3 is 5.32 Å². The van der Waals surface area contributed by atoms with Crippen LogP contribution in [0.4, 0.5) is 0 Å². The monoisotopic (exact) mass is 399 g/mol. The summed E-state index contributed by atoms with van der Waals surface area (Å²) >= 11 is 0. The molecular weight excluding hydrogens is 366 g/mol. The predicted octanol–water partition coefficient (Wildman–Crippen LogP) is 1.80. The second-order valence-electron chi connectivity index (χ2n) is 7.15. The summed E-state index contributed by atoms with van der Waals surface area (Å²) in [7, 11) is 0. The lowest BCUT2D eigenvalue weighted by Crippen LogP contribution is -2.31. The van der Waals surface area contributed by atoms with Crippen LogP contribution >= 0.6 is 0 Å². The molecule has 1 aliphatic rings. The van der Waals surface area contributed by atoms with E-state index in [1.165, 1.54) is 0 Å². The lowest BCUT2D eigenvalue weighted by molar-refractivity contribution is -0.166. The molecule has 0 atom stereocenters. The molecular formula is C19H33N3O6. The Morgan fingerprint density at radius 3 is 1.79 bits per heavy atom. The zero-order chi connectivity index (χ0) is 20.8. The molecule has 9 nitrogen and oxygen atoms in total. The third-order valence-electron chi connectivity index (χ3n) is 4.70. The lowest BCUT2D eigenvalue weighted by Gasteiger charge is -2.15. The van der Waals surface area contributed by atoms with Crippen LogP contribution in [0, 0.1) is 0 Å². The van der Waals surface area contributed by atoms with Crippen molar-refractivity contribution in [3.05, 3.63) is 0 Å². The number of hydrogen-bond acceptors (Lipinski definition) is 6. The predicted molar refractivity (Wildman–Crippen MR) is 100 cm³/mol. The summed E-state index contributed by atoms with van der Waals surface area (Å²) in [6.45, 7) is 0.848. The van der Waals surface area contributed by atoms with Gasteiger partial charge in [-0.3, -0.25) is 29.6 Å². The van der Waals surface area contributed by atoms with E-state index < -0.39 is 11.8 Å². The fraction of sp³-hybridized carbons (Fsp3) is 0.789. The molecule has 0 aliphatic carbocycles. The Labute approximate surface area is 166 Å². The summed E-state index contributed by atoms with van der Waals surface area (Å²) in [5.74, 6) is -1.16. The van der Waals surface area contributed by atoms with Gasteiger partial charge in [-0.25, -0.2) is 10.1 Å². The summed E-state index contributed by atoms with van der Waals surface area (Å²) in [5.41, 5.74) is 0. The van der Waals surface area contributed by atoms with Crippen molar-refractivity contribution >= 4 is 23.5 Å². The molecule has 1 rings (SSSR count). The molecule has 1 heterocycles. The third kappa shape index (κ3) is 11.0. The fourth-order valence-corrected chi connectivity index (χ4v) is 2.92. The van der Waals surface area contributed by atoms with E-state index >= 15 is 0 Å². The zero-order valence-corrected chi connectivity index (χ0v) is 16.5. The van der Waals surface area contributed by atoms with Gasteiger partial charge in [0, 0.05) is 51.7 Å². The Kier molecular flexibility index (Phi) is 12.1. The van der Waals surface area contributed by atoms with E-state index in [9.17, 15) is 29.6 Å². The largest absolute Gasteiger partial charge is 0.356 e. The number of carbonyl (C=O) groups is 4. The molecule has 1 saturated heterocycles. The van der Waals surface area contributed by atoms with Crippen LogP contribution in [0.25, 0.3) is 0 Å². The first-order chi connectivity index (χ1) is 13.4. The Hall–Kier alpha value is -2.00. The van der Waals surface area contributed by atoms with Crippen molar-refractivity contribution in [3.8, 4) is 0 Å². The van der Waals surface area contributed by atoms with Crippen LogP contribution in [0.15, 0.2) is 0 Å². The Bertz CT molecular complexity index is 480. The molecule has 0 aromatic rings. The van der Waals surface area contributed by atoms with Gasteiger partial charge >= 0.3 is 0 Å². The molecule has 28 heavy (non-hydrogen) atoms. The fourth-order valence-electron chi connectivity index (χ4n) is 2.92. The molecule has 0 saturated carbocycles. The average molecular weight is 399 g/mol. The van der Waals surface area contributed by atoms with Gasteiger partial charge in [0.25, 0.3) is 0 Å². The molecule has 0 aromatic carbocycles. The molecule has 0 bridgehead atoms. The molecule has 160 valence electrons. The number of carbonyl (C=O) groups excluding carboxylic acids is 4. The molecule has 1 fully saturated rings. The van der Waals surface area contributed by atoms with Crippen LogP contribution in [0.3, 0.4) is 0 Å². The highest BCUT2D eigenvalue weighted by atomic mass is 16.5. The van der Waals surface area contributed by atoms with Crippen LogP contribution in [-0.4, -0.2) is 63.7 Å². The normalized spacial score (nSPS) is 21.6. The van der Waals surface area contributed by atoms with Gasteiger partial charge in [0.2, 0.25) is 17.7 Å². The second-order valence-corrected chi connectivity index (χ2v) is 7.15. The van der Waals surface area contributed by atoms with Crippen molar-refractivity contribution in [2.24, 2.45) is 0 Å². The topological polar surface area (TPSA) is 127 Å². The molecule has 3 amide bonds. The quantitative estimate of drug-likeness (QED) is 0.533. The van der Waals surface area contributed by atoms with Gasteiger partial charge in [-0.05, 0) is 32.1 Å². The molecule has 3 N–H and O–H groups in total. The number of nitrogens with zero attached hydrogens (tertiary/aromatic N) is 2. The molecule has 0 spiro atoms. The first-order valence-corrected chi connectivity index (χ1v) is 10.2. The maximum absolute atomic E-state index is 11.8. The van der Waals surface area contributed by atoms with Crippen molar-refractivity contribution in [1.82, 2.24) is 15.4 Å². The Morgan fingerprint density at radius 2 is 1.14 bits per heavy atom. The summed E-state index contributed by atoms with van der Waals surface area (Å²) < 4.78 is 0. The molecule has 9 heteroatoms. The zero-order valence-electron chi connectivity index (χ0n) is 16.5. The number of ketones is 1. The van der Waals surface area contributed by atoms with Crippen LogP contribution in [0.2, 0.25) is 0 Å². The SMILES string of the molecule is O=C1CCCCCCN(O)C(=O)CCC(=O)NCCCCCN(O)C(=O)CC1. The summed E-state index contributed by atoms with van der Waals surface area (Å²) in [6, 6.07) is 0. The van der Waals surface area contributed by atoms with Gasteiger partial charge in [-0.15, -0.1) is 0 Å². The van der Waals surface area contributed by atoms with E-state index in [-0.39, 0.29) is 50.5 Å². The van der Waals surface area contributed by atoms with E-state index in [0.29, 0.717) is 55.2 Å². The van der Waals surface area contributed by atoms with E-state index in [4.69, 9.17) is 0 Å². The van der Waals surface area contributed by atoms with Crippen LogP contribution in [0.1, 0.15) is 77.0 Å². The number of amides is 3. The van der Waals surface area contributed by atoms with E-state index in [0.717, 1.165) is 12.8 Å². The lowest BCUT2D eigenvalue weighted by atomic mass is 10.1. The van der Waals surface area contributed by atoms with Crippen molar-refractivity contribution in [3.63, 3.8) is 0 Å². The summed E-state index contributed by atoms with van der Waals surface area (Å²) in [4.78, 5) is 47.2. The van der Waals surface area contributed by atoms with Crippen molar-refractivity contribution in [1.29, 1.82) is 0 Å². The minimum atomic E-state index is -0.472. The first-order valence-electron chi connectivity index (χ1n) is 10.2. The number of Topliss-reactive ketones (excluding diaryl/α,β-unsaturated/α-hetero) is 1. The molecule has 1 aliphatic heterocycles. The first kappa shape index (κ1) is 24.0. The van der Waals surface area contributed by atoms with Crippen LogP contribution in [0.5, 0.6) is 0 Å². The number of hydroxylamine groups is 4. The Morgan fingerprint density at radius 1 is 0.607 bits per heavy atom. The average Bonchev–Trinajstić information content (AvgIpc) is 2.68. The molecule has 0 unspecified atom stereocenters. The van der Waals surface area contributed by atoms with Crippen molar-refractivity contribution < 1.29 is 29.6 Å². The van der Waals surface area contributed by atoms with E-state index in [1.807, 2.05) is 0 Å². The van der Waals surface area contributed by atoms with Gasteiger partial charge in [0.1, 0.15) is 5.78 Å². The highest BCUT2D eigenvalue weighted by Gasteiger charge is 2.14. The number of hydrogen-bond donors (Lipinski definition) is 3. The standard InChI is InChI=1S/C19H33N3O6/c23-16-8-4-1-2-6-14-22(28)19(26)12-10-17(24)20-13-5-3-7-15-21(27)18(25)11-9-16/h27-28H,1-15H2,(H,20,24). The number of nitrogens with one attached hydrogen (secondary N) is 1. The summed E-state index contributed by atoms with van der Waals surface area (Å²) in [5, 5.41) is 23.5. The maximum atomic E-state index is 11.8. The highest BCUT2D eigenvalue weighted by molar-refractivity contribution is 5.84. The summed E-state index contributed by atoms with van der Waals surface area (Å²) in [6.07, 6.45) is 5.34. The Balaban J connectivity index is 2.45. The second kappa shape index (κ2) is 14.1. The minimum Gasteiger partial charge on any atom is -0.356 e. The maximum Gasteiger partial charge on any atom is 0.246 e. The van der Waals surface area contributed by atoms with E-state index in [2.05, 4.69) is 5.32 Å². The van der Waals surface area contributed by atoms with Crippen molar-refractivity contribution in [2.45, 2.75) is 77.0 Å².